The average molecular weight is 584 g/mol. The first-order chi connectivity index (χ1) is 18.0. The first kappa shape index (κ1) is 30.7. The van der Waals surface area contributed by atoms with E-state index in [2.05, 4.69) is 23.3 Å². The van der Waals surface area contributed by atoms with E-state index in [0.29, 0.717) is 42.3 Å². The van der Waals surface area contributed by atoms with Crippen molar-refractivity contribution in [3.8, 4) is 0 Å². The lowest BCUT2D eigenvalue weighted by Crippen LogP contribution is -2.49. The number of allylic oxidation sites excluding steroid dienone is 2. The number of benzene rings is 1. The Morgan fingerprint density at radius 3 is 2.50 bits per heavy atom. The lowest BCUT2D eigenvalue weighted by Gasteiger charge is -2.33. The van der Waals surface area contributed by atoms with Gasteiger partial charge in [-0.15, -0.1) is 0 Å². The molecule has 0 radical (unpaired) electrons. The van der Waals surface area contributed by atoms with Gasteiger partial charge < -0.3 is 15.7 Å². The van der Waals surface area contributed by atoms with E-state index < -0.39 is 26.2 Å². The molecular weight excluding hydrogens is 546 g/mol. The van der Waals surface area contributed by atoms with Gasteiger partial charge in [0.2, 0.25) is 5.91 Å². The summed E-state index contributed by atoms with van der Waals surface area (Å²) in [5.41, 5.74) is 1.63. The number of hydrogen-bond donors (Lipinski definition) is 5. The van der Waals surface area contributed by atoms with E-state index in [1.807, 2.05) is 4.72 Å². The normalized spacial score (nSPS) is 22.1. The van der Waals surface area contributed by atoms with Crippen LogP contribution in [0.15, 0.2) is 48.1 Å². The highest BCUT2D eigenvalue weighted by Crippen LogP contribution is 2.45. The van der Waals surface area contributed by atoms with Gasteiger partial charge in [0.25, 0.3) is 15.9 Å². The Labute approximate surface area is 236 Å². The zero-order valence-corrected chi connectivity index (χ0v) is 24.1. The van der Waals surface area contributed by atoms with Crippen LogP contribution in [0.3, 0.4) is 0 Å². The van der Waals surface area contributed by atoms with Crippen molar-refractivity contribution in [2.75, 3.05) is 19.6 Å². The smallest absolute Gasteiger partial charge is 0.262 e. The Morgan fingerprint density at radius 1 is 1.16 bits per heavy atom. The van der Waals surface area contributed by atoms with Crippen LogP contribution in [-0.2, 0) is 19.6 Å². The molecule has 0 aliphatic heterocycles. The van der Waals surface area contributed by atoms with Gasteiger partial charge in [0.15, 0.2) is 4.21 Å². The maximum Gasteiger partial charge on any atom is 0.262 e. The van der Waals surface area contributed by atoms with Crippen molar-refractivity contribution >= 4 is 51.6 Å². The summed E-state index contributed by atoms with van der Waals surface area (Å²) < 4.78 is 26.5. The molecule has 38 heavy (non-hydrogen) atoms. The summed E-state index contributed by atoms with van der Waals surface area (Å²) in [4.78, 5) is 24.3. The Bertz CT molecular complexity index is 1130. The van der Waals surface area contributed by atoms with E-state index in [0.717, 1.165) is 0 Å². The summed E-state index contributed by atoms with van der Waals surface area (Å²) in [7, 11) is -4.43. The third-order valence-electron chi connectivity index (χ3n) is 7.05. The van der Waals surface area contributed by atoms with Gasteiger partial charge in [0.05, 0.1) is 0 Å². The van der Waals surface area contributed by atoms with Gasteiger partial charge in [-0.2, -0.15) is 12.6 Å². The molecule has 1 saturated carbocycles. The third-order valence-corrected chi connectivity index (χ3v) is 10.3. The molecule has 2 aliphatic rings. The number of nitrogens with one attached hydrogen (secondary N) is 3. The molecule has 3 atom stereocenters. The SMILES string of the molecule is C[C@H](O)C(=O)NS(=O)(=O)C1(Cl)CC(CNCCC(=O)NC[C@@H](S)C2CCCCC2)=CC=C1c1ccccc1. The quantitative estimate of drug-likeness (QED) is 0.146. The number of alkyl halides is 1. The molecule has 0 aromatic heterocycles. The van der Waals surface area contributed by atoms with E-state index in [9.17, 15) is 23.1 Å². The molecule has 2 aliphatic carbocycles. The van der Waals surface area contributed by atoms with E-state index in [1.54, 1.807) is 42.5 Å². The minimum absolute atomic E-state index is 0.0636. The summed E-state index contributed by atoms with van der Waals surface area (Å²) in [6, 6.07) is 8.83. The van der Waals surface area contributed by atoms with E-state index >= 15 is 0 Å². The van der Waals surface area contributed by atoms with Gasteiger partial charge in [-0.3, -0.25) is 9.59 Å². The van der Waals surface area contributed by atoms with Gasteiger partial charge in [-0.1, -0.05) is 78.9 Å². The fourth-order valence-corrected chi connectivity index (χ4v) is 7.10. The molecule has 1 unspecified atom stereocenters. The van der Waals surface area contributed by atoms with Crippen LogP contribution in [0.25, 0.3) is 5.57 Å². The van der Waals surface area contributed by atoms with Crippen molar-refractivity contribution in [3.63, 3.8) is 0 Å². The molecule has 0 bridgehead atoms. The molecule has 1 fully saturated rings. The van der Waals surface area contributed by atoms with Crippen LogP contribution in [0, 0.1) is 5.92 Å². The molecule has 8 nitrogen and oxygen atoms in total. The Hall–Kier alpha value is -1.85. The molecule has 1 aromatic carbocycles. The lowest BCUT2D eigenvalue weighted by atomic mass is 9.86. The van der Waals surface area contributed by atoms with E-state index in [-0.39, 0.29) is 24.0 Å². The van der Waals surface area contributed by atoms with Crippen molar-refractivity contribution in [2.24, 2.45) is 5.92 Å². The Morgan fingerprint density at radius 2 is 1.84 bits per heavy atom. The highest BCUT2D eigenvalue weighted by molar-refractivity contribution is 7.93. The van der Waals surface area contributed by atoms with Crippen LogP contribution in [0.2, 0.25) is 0 Å². The molecule has 0 saturated heterocycles. The zero-order chi connectivity index (χ0) is 27.8. The average Bonchev–Trinajstić information content (AvgIpc) is 2.90. The fourth-order valence-electron chi connectivity index (χ4n) is 4.80. The monoisotopic (exact) mass is 583 g/mol. The summed E-state index contributed by atoms with van der Waals surface area (Å²) in [6.45, 7) is 2.45. The number of rotatable bonds is 12. The second-order valence-electron chi connectivity index (χ2n) is 10.0. The lowest BCUT2D eigenvalue weighted by molar-refractivity contribution is -0.126. The van der Waals surface area contributed by atoms with Crippen molar-refractivity contribution in [1.82, 2.24) is 15.4 Å². The first-order valence-corrected chi connectivity index (χ1v) is 15.5. The predicted molar refractivity (Wildman–Crippen MR) is 154 cm³/mol. The van der Waals surface area contributed by atoms with Gasteiger partial charge in [0, 0.05) is 37.7 Å². The highest BCUT2D eigenvalue weighted by atomic mass is 35.5. The maximum atomic E-state index is 13.3. The van der Waals surface area contributed by atoms with Crippen molar-refractivity contribution in [3.05, 3.63) is 53.6 Å². The second-order valence-corrected chi connectivity index (χ2v) is 13.5. The van der Waals surface area contributed by atoms with Gasteiger partial charge in [-0.25, -0.2) is 13.1 Å². The van der Waals surface area contributed by atoms with E-state index in [1.165, 1.54) is 39.0 Å². The van der Waals surface area contributed by atoms with Crippen LogP contribution >= 0.6 is 24.2 Å². The summed E-state index contributed by atoms with van der Waals surface area (Å²) in [5, 5.41) is 15.8. The molecule has 1 aromatic rings. The third kappa shape index (κ3) is 8.08. The fraction of sp³-hybridized carbons (Fsp3) is 0.556. The molecule has 210 valence electrons. The van der Waals surface area contributed by atoms with Crippen LogP contribution in [0.5, 0.6) is 0 Å². The van der Waals surface area contributed by atoms with Gasteiger partial charge in [-0.05, 0) is 36.8 Å². The van der Waals surface area contributed by atoms with Gasteiger partial charge >= 0.3 is 0 Å². The predicted octanol–water partition coefficient (Wildman–Crippen LogP) is 3.14. The minimum Gasteiger partial charge on any atom is -0.384 e. The largest absolute Gasteiger partial charge is 0.384 e. The number of aliphatic hydroxyl groups is 1. The number of sulfonamides is 1. The Balaban J connectivity index is 1.59. The number of thiol groups is 1. The molecule has 11 heteroatoms. The topological polar surface area (TPSA) is 125 Å². The number of aliphatic hydroxyl groups excluding tert-OH is 1. The molecule has 2 amide bonds. The molecule has 0 heterocycles. The zero-order valence-electron chi connectivity index (χ0n) is 21.7. The number of hydrogen-bond acceptors (Lipinski definition) is 7. The highest BCUT2D eigenvalue weighted by Gasteiger charge is 2.48. The number of carbonyl (C=O) groups is 2. The van der Waals surface area contributed by atoms with Gasteiger partial charge in [0.1, 0.15) is 6.10 Å². The maximum absolute atomic E-state index is 13.3. The van der Waals surface area contributed by atoms with Crippen LogP contribution < -0.4 is 15.4 Å². The molecular formula is C27H38ClN3O5S2. The second kappa shape index (κ2) is 14.0. The van der Waals surface area contributed by atoms with Crippen molar-refractivity contribution in [1.29, 1.82) is 0 Å². The minimum atomic E-state index is -4.43. The molecule has 0 spiro atoms. The van der Waals surface area contributed by atoms with Crippen LogP contribution in [0.1, 0.15) is 57.4 Å². The summed E-state index contributed by atoms with van der Waals surface area (Å²) in [5.74, 6) is -0.564. The summed E-state index contributed by atoms with van der Waals surface area (Å²) in [6.07, 6.45) is 8.20. The van der Waals surface area contributed by atoms with E-state index in [4.69, 9.17) is 11.6 Å². The van der Waals surface area contributed by atoms with Crippen LogP contribution in [-0.4, -0.2) is 60.5 Å². The molecule has 3 rings (SSSR count). The number of halogens is 1. The number of carbonyl (C=O) groups excluding carboxylic acids is 2. The standard InChI is InChI=1S/C27H38ClN3O5S2/c1-19(32)26(34)31-38(35,36)27(28)16-20(12-13-23(27)21-8-4-2-5-9-21)17-29-15-14-25(33)30-18-24(37)22-10-6-3-7-11-22/h2,4-5,8-9,12-13,19,22,24,29,32,37H,3,6-7,10-11,14-18H2,1H3,(H,30,33)(H,31,34)/t19-,24+,27?/m0/s1. The van der Waals surface area contributed by atoms with Crippen molar-refractivity contribution in [2.45, 2.75) is 67.4 Å². The van der Waals surface area contributed by atoms with Crippen molar-refractivity contribution < 1.29 is 23.1 Å². The number of amides is 2. The molecule has 4 N–H and O–H groups in total. The van der Waals surface area contributed by atoms with Crippen LogP contribution in [0.4, 0.5) is 0 Å². The summed E-state index contributed by atoms with van der Waals surface area (Å²) >= 11 is 11.5. The Kier molecular flexibility index (Phi) is 11.3. The first-order valence-electron chi connectivity index (χ1n) is 13.1.